The lowest BCUT2D eigenvalue weighted by Gasteiger charge is -2.11. The van der Waals surface area contributed by atoms with Gasteiger partial charge >= 0.3 is 5.97 Å². The van der Waals surface area contributed by atoms with E-state index in [2.05, 4.69) is 11.9 Å². The zero-order chi connectivity index (χ0) is 19.0. The number of carboxylic acid groups (broad SMARTS) is 1. The van der Waals surface area contributed by atoms with Gasteiger partial charge < -0.3 is 9.84 Å². The molecule has 1 aliphatic carbocycles. The van der Waals surface area contributed by atoms with Crippen molar-refractivity contribution < 1.29 is 14.6 Å². The first-order valence-corrected chi connectivity index (χ1v) is 9.81. The molecule has 0 saturated heterocycles. The van der Waals surface area contributed by atoms with Crippen LogP contribution in [-0.2, 0) is 24.1 Å². The highest BCUT2D eigenvalue weighted by molar-refractivity contribution is 7.19. The SMILES string of the molecule is CC1Cc2nc(-c3ccc(Cl)s3)nc(Oc3ccc(CC(=O)O)cc3)c2C1. The first-order chi connectivity index (χ1) is 13.0. The van der Waals surface area contributed by atoms with Gasteiger partial charge in [-0.2, -0.15) is 4.98 Å². The largest absolute Gasteiger partial charge is 0.481 e. The molecule has 1 aliphatic rings. The Morgan fingerprint density at radius 3 is 2.67 bits per heavy atom. The second-order valence-corrected chi connectivity index (χ2v) is 8.43. The van der Waals surface area contributed by atoms with Crippen molar-refractivity contribution in [1.29, 1.82) is 0 Å². The average molecular weight is 401 g/mol. The van der Waals surface area contributed by atoms with Crippen molar-refractivity contribution >= 4 is 28.9 Å². The van der Waals surface area contributed by atoms with E-state index in [4.69, 9.17) is 26.4 Å². The highest BCUT2D eigenvalue weighted by atomic mass is 35.5. The van der Waals surface area contributed by atoms with E-state index < -0.39 is 5.97 Å². The highest BCUT2D eigenvalue weighted by Crippen LogP contribution is 2.37. The minimum absolute atomic E-state index is 0.00994. The number of thiophene rings is 1. The molecule has 1 atom stereocenters. The van der Waals surface area contributed by atoms with Crippen LogP contribution in [0.25, 0.3) is 10.7 Å². The number of carboxylic acids is 1. The van der Waals surface area contributed by atoms with Gasteiger partial charge in [-0.25, -0.2) is 4.98 Å². The molecule has 27 heavy (non-hydrogen) atoms. The van der Waals surface area contributed by atoms with Crippen molar-refractivity contribution in [2.45, 2.75) is 26.2 Å². The Kier molecular flexibility index (Phi) is 4.85. The minimum atomic E-state index is -0.856. The third-order valence-corrected chi connectivity index (χ3v) is 5.66. The second kappa shape index (κ2) is 7.29. The van der Waals surface area contributed by atoms with Crippen LogP contribution in [0.3, 0.4) is 0 Å². The maximum absolute atomic E-state index is 10.8. The van der Waals surface area contributed by atoms with Gasteiger partial charge in [-0.3, -0.25) is 4.79 Å². The molecule has 3 aromatic rings. The lowest BCUT2D eigenvalue weighted by molar-refractivity contribution is -0.136. The molecule has 5 nitrogen and oxygen atoms in total. The maximum Gasteiger partial charge on any atom is 0.307 e. The number of ether oxygens (including phenoxy) is 1. The molecule has 138 valence electrons. The van der Waals surface area contributed by atoms with Crippen LogP contribution in [0.4, 0.5) is 0 Å². The van der Waals surface area contributed by atoms with E-state index in [1.54, 1.807) is 24.3 Å². The number of benzene rings is 1. The van der Waals surface area contributed by atoms with Gasteiger partial charge in [0.1, 0.15) is 5.75 Å². The van der Waals surface area contributed by atoms with E-state index in [0.29, 0.717) is 27.7 Å². The lowest BCUT2D eigenvalue weighted by Crippen LogP contribution is -2.01. The molecule has 0 amide bonds. The Hall–Kier alpha value is -2.44. The van der Waals surface area contributed by atoms with Crippen molar-refractivity contribution in [3.63, 3.8) is 0 Å². The topological polar surface area (TPSA) is 72.3 Å². The first kappa shape index (κ1) is 17.9. The minimum Gasteiger partial charge on any atom is -0.481 e. The molecule has 4 rings (SSSR count). The van der Waals surface area contributed by atoms with Crippen LogP contribution in [0.2, 0.25) is 4.34 Å². The summed E-state index contributed by atoms with van der Waals surface area (Å²) in [7, 11) is 0. The Labute approximate surface area is 165 Å². The predicted molar refractivity (Wildman–Crippen MR) is 105 cm³/mol. The summed E-state index contributed by atoms with van der Waals surface area (Å²) in [5, 5.41) is 8.89. The Morgan fingerprint density at radius 2 is 2.00 bits per heavy atom. The molecular weight excluding hydrogens is 384 g/mol. The second-order valence-electron chi connectivity index (χ2n) is 6.71. The summed E-state index contributed by atoms with van der Waals surface area (Å²) in [5.41, 5.74) is 2.79. The standard InChI is InChI=1S/C20H17ClN2O3S/c1-11-8-14-15(9-11)22-19(16-6-7-17(21)27-16)23-20(14)26-13-4-2-12(3-5-13)10-18(24)25/h2-7,11H,8-10H2,1H3,(H,24,25). The fourth-order valence-electron chi connectivity index (χ4n) is 3.22. The van der Waals surface area contributed by atoms with Gasteiger partial charge in [0.25, 0.3) is 0 Å². The van der Waals surface area contributed by atoms with Gasteiger partial charge in [0.15, 0.2) is 5.82 Å². The Balaban J connectivity index is 1.67. The van der Waals surface area contributed by atoms with Crippen molar-refractivity contribution in [1.82, 2.24) is 9.97 Å². The molecule has 0 aliphatic heterocycles. The fourth-order valence-corrected chi connectivity index (χ4v) is 4.20. The number of aromatic nitrogens is 2. The van der Waals surface area contributed by atoms with E-state index in [-0.39, 0.29) is 6.42 Å². The molecule has 0 fully saturated rings. The summed E-state index contributed by atoms with van der Waals surface area (Å²) in [6.45, 7) is 2.19. The van der Waals surface area contributed by atoms with E-state index in [0.717, 1.165) is 34.5 Å². The zero-order valence-electron chi connectivity index (χ0n) is 14.6. The number of rotatable bonds is 5. The summed E-state index contributed by atoms with van der Waals surface area (Å²) in [6, 6.07) is 10.8. The van der Waals surface area contributed by atoms with Crippen LogP contribution >= 0.6 is 22.9 Å². The van der Waals surface area contributed by atoms with Crippen molar-refractivity contribution in [3.05, 3.63) is 57.6 Å². The summed E-state index contributed by atoms with van der Waals surface area (Å²) >= 11 is 7.50. The number of fused-ring (bicyclic) bond motifs is 1. The Morgan fingerprint density at radius 1 is 1.22 bits per heavy atom. The van der Waals surface area contributed by atoms with E-state index in [9.17, 15) is 4.79 Å². The van der Waals surface area contributed by atoms with Crippen LogP contribution in [-0.4, -0.2) is 21.0 Å². The first-order valence-electron chi connectivity index (χ1n) is 8.62. The molecule has 2 aromatic heterocycles. The number of nitrogens with zero attached hydrogens (tertiary/aromatic N) is 2. The summed E-state index contributed by atoms with van der Waals surface area (Å²) in [5.74, 6) is 1.45. The van der Waals surface area contributed by atoms with Crippen LogP contribution in [0.5, 0.6) is 11.6 Å². The van der Waals surface area contributed by atoms with Gasteiger partial charge in [-0.15, -0.1) is 11.3 Å². The third kappa shape index (κ3) is 3.96. The van der Waals surface area contributed by atoms with E-state index in [1.807, 2.05) is 12.1 Å². The van der Waals surface area contributed by atoms with E-state index >= 15 is 0 Å². The average Bonchev–Trinajstić information content (AvgIpc) is 3.21. The van der Waals surface area contributed by atoms with Crippen LogP contribution in [0.15, 0.2) is 36.4 Å². The molecule has 7 heteroatoms. The van der Waals surface area contributed by atoms with Crippen molar-refractivity contribution in [2.24, 2.45) is 5.92 Å². The zero-order valence-corrected chi connectivity index (χ0v) is 16.2. The third-order valence-electron chi connectivity index (χ3n) is 4.44. The molecular formula is C20H17ClN2O3S. The van der Waals surface area contributed by atoms with Crippen LogP contribution in [0, 0.1) is 5.92 Å². The maximum atomic E-state index is 10.8. The molecule has 0 spiro atoms. The summed E-state index contributed by atoms with van der Waals surface area (Å²) < 4.78 is 6.77. The summed E-state index contributed by atoms with van der Waals surface area (Å²) in [4.78, 5) is 21.1. The van der Waals surface area contributed by atoms with Gasteiger partial charge in [0.2, 0.25) is 5.88 Å². The smallest absolute Gasteiger partial charge is 0.307 e. The van der Waals surface area contributed by atoms with Crippen molar-refractivity contribution in [2.75, 3.05) is 0 Å². The van der Waals surface area contributed by atoms with Gasteiger partial charge in [-0.05, 0) is 48.6 Å². The predicted octanol–water partition coefficient (Wildman–Crippen LogP) is 5.01. The molecule has 1 N–H and O–H groups in total. The molecule has 1 aromatic carbocycles. The number of carbonyl (C=O) groups is 1. The van der Waals surface area contributed by atoms with Gasteiger partial charge in [-0.1, -0.05) is 30.7 Å². The van der Waals surface area contributed by atoms with Crippen molar-refractivity contribution in [3.8, 4) is 22.3 Å². The number of aliphatic carboxylic acids is 1. The Bertz CT molecular complexity index is 1000. The molecule has 0 radical (unpaired) electrons. The molecule has 2 heterocycles. The van der Waals surface area contributed by atoms with Gasteiger partial charge in [0, 0.05) is 5.56 Å². The number of halogens is 1. The summed E-state index contributed by atoms with van der Waals surface area (Å²) in [6.07, 6.45) is 1.77. The lowest BCUT2D eigenvalue weighted by atomic mass is 10.1. The van der Waals surface area contributed by atoms with Crippen LogP contribution < -0.4 is 4.74 Å². The highest BCUT2D eigenvalue weighted by Gasteiger charge is 2.26. The molecule has 1 unspecified atom stereocenters. The molecule has 0 saturated carbocycles. The number of hydrogen-bond donors (Lipinski definition) is 1. The normalized spacial score (nSPS) is 15.6. The fraction of sp³-hybridized carbons (Fsp3) is 0.250. The number of hydrogen-bond acceptors (Lipinski definition) is 5. The van der Waals surface area contributed by atoms with Gasteiger partial charge in [0.05, 0.1) is 21.3 Å². The quantitative estimate of drug-likeness (QED) is 0.651. The monoisotopic (exact) mass is 400 g/mol. The van der Waals surface area contributed by atoms with E-state index in [1.165, 1.54) is 11.3 Å². The van der Waals surface area contributed by atoms with Crippen LogP contribution in [0.1, 0.15) is 23.7 Å². The molecule has 0 bridgehead atoms.